The Morgan fingerprint density at radius 2 is 1.57 bits per heavy atom. The van der Waals surface area contributed by atoms with Crippen molar-refractivity contribution in [3.63, 3.8) is 0 Å². The zero-order chi connectivity index (χ0) is 18.2. The molecule has 2 fully saturated rings. The fourth-order valence-corrected chi connectivity index (χ4v) is 2.77. The summed E-state index contributed by atoms with van der Waals surface area (Å²) < 4.78 is 4.87. The van der Waals surface area contributed by atoms with Crippen molar-refractivity contribution in [3.8, 4) is 0 Å². The highest BCUT2D eigenvalue weighted by Gasteiger charge is 2.50. The van der Waals surface area contributed by atoms with E-state index in [1.54, 1.807) is 0 Å². The molecule has 2 rings (SSSR count). The number of aliphatic hydroxyl groups is 6. The van der Waals surface area contributed by atoms with Gasteiger partial charge >= 0.3 is 0 Å². The van der Waals surface area contributed by atoms with Gasteiger partial charge in [-0.15, -0.1) is 0 Å². The smallest absolute Gasteiger partial charge is 0.118 e. The normalized spacial score (nSPS) is 49.8. The van der Waals surface area contributed by atoms with Crippen LogP contribution in [0.1, 0.15) is 13.8 Å². The molecule has 1 saturated heterocycles. The molecular weight excluding hydrogens is 302 g/mol. The maximum absolute atomic E-state index is 9.66. The Balaban J connectivity index is 0.000000231. The van der Waals surface area contributed by atoms with Gasteiger partial charge in [0.05, 0.1) is 32.8 Å². The van der Waals surface area contributed by atoms with Crippen molar-refractivity contribution in [2.45, 2.75) is 55.2 Å². The van der Waals surface area contributed by atoms with E-state index in [1.807, 2.05) is 0 Å². The number of hydrogen-bond donors (Lipinski definition) is 6. The summed E-state index contributed by atoms with van der Waals surface area (Å²) in [5.41, 5.74) is -2.31. The fourth-order valence-electron chi connectivity index (χ4n) is 2.77. The highest BCUT2D eigenvalue weighted by atomic mass is 16.6. The molecule has 0 amide bonds. The first-order valence-corrected chi connectivity index (χ1v) is 7.30. The van der Waals surface area contributed by atoms with Crippen LogP contribution in [0.5, 0.6) is 0 Å². The molecule has 128 valence electrons. The number of rotatable bonds is 2. The van der Waals surface area contributed by atoms with Crippen LogP contribution in [0.25, 0.3) is 0 Å². The summed E-state index contributed by atoms with van der Waals surface area (Å²) in [5, 5.41) is 55.4. The molecule has 2 aliphatic rings. The third-order valence-corrected chi connectivity index (χ3v) is 4.73. The van der Waals surface area contributed by atoms with E-state index in [0.717, 1.165) is 0 Å². The van der Waals surface area contributed by atoms with Gasteiger partial charge in [0.25, 0.3) is 0 Å². The summed E-state index contributed by atoms with van der Waals surface area (Å²) in [5.74, 6) is -1.17. The van der Waals surface area contributed by atoms with Crippen molar-refractivity contribution in [2.24, 2.45) is 5.92 Å². The predicted molar refractivity (Wildman–Crippen MR) is 84.0 cm³/mol. The summed E-state index contributed by atoms with van der Waals surface area (Å²) in [7, 11) is 10.9. The Morgan fingerprint density at radius 1 is 1.04 bits per heavy atom. The molecule has 1 aliphatic carbocycles. The average Bonchev–Trinajstić information content (AvgIpc) is 2.77. The van der Waals surface area contributed by atoms with Gasteiger partial charge in [-0.1, -0.05) is 12.2 Å². The average molecular weight is 326 g/mol. The second kappa shape index (κ2) is 7.23. The van der Waals surface area contributed by atoms with E-state index < -0.39 is 47.3 Å². The topological polar surface area (TPSA) is 131 Å². The van der Waals surface area contributed by atoms with Crippen LogP contribution < -0.4 is 0 Å². The third-order valence-electron chi connectivity index (χ3n) is 4.73. The maximum Gasteiger partial charge on any atom is 0.118 e. The van der Waals surface area contributed by atoms with Gasteiger partial charge in [-0.25, -0.2) is 0 Å². The van der Waals surface area contributed by atoms with Gasteiger partial charge in [-0.2, -0.15) is 0 Å². The molecule has 1 saturated carbocycles. The lowest BCUT2D eigenvalue weighted by atomic mass is 9.74. The second-order valence-corrected chi connectivity index (χ2v) is 6.45. The van der Waals surface area contributed by atoms with E-state index >= 15 is 0 Å². The first-order chi connectivity index (χ1) is 10.4. The Morgan fingerprint density at radius 3 is 1.74 bits per heavy atom. The van der Waals surface area contributed by atoms with Crippen LogP contribution in [0.3, 0.4) is 0 Å². The van der Waals surface area contributed by atoms with E-state index in [1.165, 1.54) is 13.8 Å². The second-order valence-electron chi connectivity index (χ2n) is 6.45. The molecule has 0 spiro atoms. The Bertz CT molecular complexity index is 429. The molecule has 0 unspecified atom stereocenters. The predicted octanol–water partition coefficient (Wildman–Crippen LogP) is -2.78. The van der Waals surface area contributed by atoms with Crippen LogP contribution >= 0.6 is 0 Å². The summed E-state index contributed by atoms with van der Waals surface area (Å²) in [6, 6.07) is -0.915. The van der Waals surface area contributed by atoms with Crippen LogP contribution in [0, 0.1) is 5.92 Å². The molecule has 0 aromatic carbocycles. The van der Waals surface area contributed by atoms with E-state index in [2.05, 4.69) is 6.58 Å². The van der Waals surface area contributed by atoms with Crippen molar-refractivity contribution in [1.29, 1.82) is 0 Å². The molecule has 23 heavy (non-hydrogen) atoms. The fraction of sp³-hybridized carbons (Fsp3) is 0.857. The number of ether oxygens (including phenoxy) is 1. The monoisotopic (exact) mass is 326 g/mol. The largest absolute Gasteiger partial charge is 0.396 e. The molecular formula is C14H24B2O7. The van der Waals surface area contributed by atoms with Crippen LogP contribution in [0.2, 0.25) is 5.82 Å². The Kier molecular flexibility index (Phi) is 6.48. The van der Waals surface area contributed by atoms with Gasteiger partial charge in [0.15, 0.2) is 0 Å². The van der Waals surface area contributed by atoms with Crippen LogP contribution in [0.15, 0.2) is 12.2 Å². The minimum absolute atomic E-state index is 0.232. The first kappa shape index (κ1) is 20.6. The first-order valence-electron chi connectivity index (χ1n) is 7.30. The summed E-state index contributed by atoms with van der Waals surface area (Å²) in [6.45, 7) is 5.87. The summed E-state index contributed by atoms with van der Waals surface area (Å²) in [6.07, 6.45) is -2.96. The molecule has 1 heterocycles. The molecule has 0 aromatic heterocycles. The van der Waals surface area contributed by atoms with E-state index in [9.17, 15) is 20.4 Å². The molecule has 6 N–H and O–H groups in total. The molecule has 1 aliphatic heterocycles. The minimum atomic E-state index is -1.45. The van der Waals surface area contributed by atoms with Crippen molar-refractivity contribution in [1.82, 2.24) is 0 Å². The molecule has 0 bridgehead atoms. The quantitative estimate of drug-likeness (QED) is 0.239. The molecule has 7 nitrogen and oxygen atoms in total. The lowest BCUT2D eigenvalue weighted by molar-refractivity contribution is -0.0790. The van der Waals surface area contributed by atoms with Gasteiger partial charge in [0.1, 0.15) is 25.7 Å². The third kappa shape index (κ3) is 3.66. The Hall–Kier alpha value is -0.410. The molecule has 8 atom stereocenters. The molecule has 9 heteroatoms. The van der Waals surface area contributed by atoms with Crippen LogP contribution in [-0.2, 0) is 4.74 Å². The Labute approximate surface area is 138 Å². The SMILES string of the molecule is [B][C@@H]1C(=C)[C@H](CO)[C@@H](O)[C@@]1(C)O.[B][C@@H]1O[C@H](CO)[C@](C)(O)[C@H]1O. The number of aliphatic hydroxyl groups excluding tert-OH is 4. The summed E-state index contributed by atoms with van der Waals surface area (Å²) in [4.78, 5) is 0. The van der Waals surface area contributed by atoms with Crippen molar-refractivity contribution in [2.75, 3.05) is 13.2 Å². The van der Waals surface area contributed by atoms with Crippen LogP contribution in [-0.4, -0.2) is 95.1 Å². The van der Waals surface area contributed by atoms with Crippen molar-refractivity contribution < 1.29 is 35.4 Å². The van der Waals surface area contributed by atoms with Gasteiger partial charge in [0, 0.05) is 11.9 Å². The number of hydrogen-bond acceptors (Lipinski definition) is 7. The molecule has 0 aromatic rings. The minimum Gasteiger partial charge on any atom is -0.396 e. The van der Waals surface area contributed by atoms with Crippen molar-refractivity contribution in [3.05, 3.63) is 12.2 Å². The summed E-state index contributed by atoms with van der Waals surface area (Å²) >= 11 is 0. The van der Waals surface area contributed by atoms with Gasteiger partial charge in [0.2, 0.25) is 0 Å². The highest BCUT2D eigenvalue weighted by molar-refractivity contribution is 6.15. The van der Waals surface area contributed by atoms with E-state index in [-0.39, 0.29) is 13.2 Å². The van der Waals surface area contributed by atoms with E-state index in [4.69, 9.17) is 30.6 Å². The standard InChI is InChI=1S/C8H13BO3.C6H11BO4/c1-4-5(3-10)7(11)8(2,12)6(4)9;1-6(10)3(2-8)11-5(7)4(6)9/h5-7,10-12H,1,3H2,2H3;3-5,8-10H,2H2,1H3/t5-,6+,7+,8-;3-,4+,5-,6+/m01/s1. The lowest BCUT2D eigenvalue weighted by Gasteiger charge is -2.26. The lowest BCUT2D eigenvalue weighted by Crippen LogP contribution is -2.46. The van der Waals surface area contributed by atoms with E-state index in [0.29, 0.717) is 5.57 Å². The van der Waals surface area contributed by atoms with Gasteiger partial charge < -0.3 is 35.4 Å². The van der Waals surface area contributed by atoms with Crippen LogP contribution in [0.4, 0.5) is 0 Å². The zero-order valence-corrected chi connectivity index (χ0v) is 13.3. The van der Waals surface area contributed by atoms with Gasteiger partial charge in [-0.05, 0) is 19.7 Å². The van der Waals surface area contributed by atoms with Gasteiger partial charge in [-0.3, -0.25) is 0 Å². The van der Waals surface area contributed by atoms with Crippen molar-refractivity contribution >= 4 is 15.7 Å². The molecule has 4 radical (unpaired) electrons. The highest BCUT2D eigenvalue weighted by Crippen LogP contribution is 2.45. The zero-order valence-electron chi connectivity index (χ0n) is 13.3. The maximum atomic E-state index is 9.66.